The predicted octanol–water partition coefficient (Wildman–Crippen LogP) is 2.33. The summed E-state index contributed by atoms with van der Waals surface area (Å²) in [5.74, 6) is -4.73. The summed E-state index contributed by atoms with van der Waals surface area (Å²) >= 11 is 0. The van der Waals surface area contributed by atoms with Crippen molar-refractivity contribution >= 4 is 29.8 Å². The summed E-state index contributed by atoms with van der Waals surface area (Å²) in [4.78, 5) is 63.0. The van der Waals surface area contributed by atoms with Crippen molar-refractivity contribution in [2.24, 2.45) is 5.92 Å². The first-order valence-corrected chi connectivity index (χ1v) is 14.0. The topological polar surface area (TPSA) is 180 Å². The van der Waals surface area contributed by atoms with Crippen molar-refractivity contribution in [3.05, 3.63) is 59.7 Å². The number of alkyl carbamates (subject to hydrolysis) is 1. The molecule has 0 bridgehead atoms. The molecule has 0 heterocycles. The van der Waals surface area contributed by atoms with E-state index in [1.807, 2.05) is 48.5 Å². The standard InChI is InChI=1S/C31H39N3O9/c1-17(2)26(28(38)32-24(15-35)29(39)40)34-27(37)23(14-25(36)43-31(3,4)5)33-30(41)42-16-22-20-12-8-6-10-18(20)19-11-7-9-13-21(19)22/h6-13,17,22-24,26,35H,14-16H2,1-5H3,(H,32,38)(H,33,41)(H,34,37)(H,39,40)/t23-,24-,26-/m0/s1. The van der Waals surface area contributed by atoms with Gasteiger partial charge >= 0.3 is 18.0 Å². The molecule has 3 amide bonds. The number of carboxylic acids is 1. The van der Waals surface area contributed by atoms with Crippen molar-refractivity contribution in [3.8, 4) is 11.1 Å². The van der Waals surface area contributed by atoms with Crippen LogP contribution < -0.4 is 16.0 Å². The van der Waals surface area contributed by atoms with E-state index in [-0.39, 0.29) is 12.5 Å². The molecular formula is C31H39N3O9. The lowest BCUT2D eigenvalue weighted by atomic mass is 9.98. The fraction of sp³-hybridized carbons (Fsp3) is 0.452. The van der Waals surface area contributed by atoms with Gasteiger partial charge in [0, 0.05) is 5.92 Å². The Morgan fingerprint density at radius 3 is 1.88 bits per heavy atom. The summed E-state index contributed by atoms with van der Waals surface area (Å²) in [6.07, 6.45) is -1.52. The van der Waals surface area contributed by atoms with Gasteiger partial charge in [-0.1, -0.05) is 62.4 Å². The maximum Gasteiger partial charge on any atom is 0.407 e. The number of carbonyl (C=O) groups excluding carboxylic acids is 4. The molecule has 0 fully saturated rings. The number of benzene rings is 2. The van der Waals surface area contributed by atoms with Crippen LogP contribution in [0.1, 0.15) is 58.1 Å². The zero-order valence-corrected chi connectivity index (χ0v) is 24.9. The second-order valence-corrected chi connectivity index (χ2v) is 11.6. The Kier molecular flexibility index (Phi) is 10.9. The molecule has 0 aromatic heterocycles. The van der Waals surface area contributed by atoms with Crippen molar-refractivity contribution in [2.75, 3.05) is 13.2 Å². The molecule has 0 unspecified atom stereocenters. The molecular weight excluding hydrogens is 558 g/mol. The molecule has 0 aliphatic heterocycles. The zero-order chi connectivity index (χ0) is 31.9. The number of aliphatic hydroxyl groups is 1. The molecule has 1 aliphatic carbocycles. The SMILES string of the molecule is CC(C)[C@H](NC(=O)[C@H](CC(=O)OC(C)(C)C)NC(=O)OCC1c2ccccc2-c2ccccc21)C(=O)N[C@@H](CO)C(=O)O. The Bertz CT molecular complexity index is 1310. The van der Waals surface area contributed by atoms with Gasteiger partial charge in [-0.2, -0.15) is 0 Å². The van der Waals surface area contributed by atoms with Crippen LogP contribution in [0.4, 0.5) is 4.79 Å². The van der Waals surface area contributed by atoms with Gasteiger partial charge in [0.05, 0.1) is 13.0 Å². The Morgan fingerprint density at radius 1 is 0.837 bits per heavy atom. The normalized spacial score (nSPS) is 14.5. The molecule has 12 nitrogen and oxygen atoms in total. The van der Waals surface area contributed by atoms with Crippen molar-refractivity contribution in [2.45, 2.75) is 70.7 Å². The third-order valence-corrected chi connectivity index (χ3v) is 6.79. The maximum atomic E-state index is 13.3. The zero-order valence-electron chi connectivity index (χ0n) is 24.9. The molecule has 12 heteroatoms. The number of hydrogen-bond acceptors (Lipinski definition) is 8. The van der Waals surface area contributed by atoms with Gasteiger partial charge in [0.15, 0.2) is 0 Å². The quantitative estimate of drug-likeness (QED) is 0.230. The van der Waals surface area contributed by atoms with Crippen molar-refractivity contribution < 1.29 is 43.7 Å². The number of rotatable bonds is 12. The summed E-state index contributed by atoms with van der Waals surface area (Å²) in [5, 5.41) is 25.5. The number of ether oxygens (including phenoxy) is 2. The molecule has 3 atom stereocenters. The average molecular weight is 598 g/mol. The van der Waals surface area contributed by atoms with E-state index in [4.69, 9.17) is 14.6 Å². The average Bonchev–Trinajstić information content (AvgIpc) is 3.25. The van der Waals surface area contributed by atoms with Crippen molar-refractivity contribution in [1.82, 2.24) is 16.0 Å². The number of carboxylic acid groups (broad SMARTS) is 1. The van der Waals surface area contributed by atoms with Crippen LogP contribution in [-0.2, 0) is 28.7 Å². The molecule has 3 rings (SSSR count). The minimum absolute atomic E-state index is 0.0323. The van der Waals surface area contributed by atoms with E-state index in [0.717, 1.165) is 22.3 Å². The highest BCUT2D eigenvalue weighted by molar-refractivity contribution is 5.94. The largest absolute Gasteiger partial charge is 0.480 e. The van der Waals surface area contributed by atoms with Crippen molar-refractivity contribution in [1.29, 1.82) is 0 Å². The van der Waals surface area contributed by atoms with E-state index >= 15 is 0 Å². The van der Waals surface area contributed by atoms with Gasteiger partial charge in [0.1, 0.15) is 30.3 Å². The number of aliphatic hydroxyl groups excluding tert-OH is 1. The Hall–Kier alpha value is -4.45. The monoisotopic (exact) mass is 597 g/mol. The minimum Gasteiger partial charge on any atom is -0.480 e. The van der Waals surface area contributed by atoms with E-state index < -0.39 is 72.5 Å². The molecule has 5 N–H and O–H groups in total. The lowest BCUT2D eigenvalue weighted by Gasteiger charge is -2.27. The number of amides is 3. The van der Waals surface area contributed by atoms with Crippen LogP contribution in [0.15, 0.2) is 48.5 Å². The summed E-state index contributed by atoms with van der Waals surface area (Å²) in [7, 11) is 0. The van der Waals surface area contributed by atoms with Gasteiger partial charge in [0.2, 0.25) is 11.8 Å². The van der Waals surface area contributed by atoms with E-state index in [1.165, 1.54) is 0 Å². The highest BCUT2D eigenvalue weighted by atomic mass is 16.6. The van der Waals surface area contributed by atoms with Gasteiger partial charge in [-0.15, -0.1) is 0 Å². The lowest BCUT2D eigenvalue weighted by molar-refractivity contribution is -0.156. The molecule has 0 spiro atoms. The predicted molar refractivity (Wildman–Crippen MR) is 156 cm³/mol. The van der Waals surface area contributed by atoms with Crippen LogP contribution in [0.25, 0.3) is 11.1 Å². The van der Waals surface area contributed by atoms with Gasteiger partial charge < -0.3 is 35.6 Å². The molecule has 232 valence electrons. The van der Waals surface area contributed by atoms with Gasteiger partial charge in [-0.05, 0) is 48.9 Å². The number of aliphatic carboxylic acids is 1. The number of esters is 1. The van der Waals surface area contributed by atoms with E-state index in [0.29, 0.717) is 0 Å². The highest BCUT2D eigenvalue weighted by Crippen LogP contribution is 2.44. The molecule has 0 saturated carbocycles. The number of hydrogen-bond donors (Lipinski definition) is 5. The first kappa shape index (κ1) is 33.1. The number of fused-ring (bicyclic) bond motifs is 3. The smallest absolute Gasteiger partial charge is 0.407 e. The minimum atomic E-state index is -1.58. The number of carbonyl (C=O) groups is 5. The summed E-state index contributed by atoms with van der Waals surface area (Å²) < 4.78 is 10.9. The Labute approximate surface area is 250 Å². The first-order chi connectivity index (χ1) is 20.2. The molecule has 1 aliphatic rings. The van der Waals surface area contributed by atoms with Crippen LogP contribution in [-0.4, -0.2) is 77.0 Å². The van der Waals surface area contributed by atoms with Gasteiger partial charge in [0.25, 0.3) is 0 Å². The fourth-order valence-corrected chi connectivity index (χ4v) is 4.78. The molecule has 43 heavy (non-hydrogen) atoms. The van der Waals surface area contributed by atoms with E-state index in [2.05, 4.69) is 16.0 Å². The first-order valence-electron chi connectivity index (χ1n) is 14.0. The fourth-order valence-electron chi connectivity index (χ4n) is 4.78. The van der Waals surface area contributed by atoms with E-state index in [1.54, 1.807) is 34.6 Å². The highest BCUT2D eigenvalue weighted by Gasteiger charge is 2.34. The van der Waals surface area contributed by atoms with Crippen LogP contribution >= 0.6 is 0 Å². The van der Waals surface area contributed by atoms with Crippen LogP contribution in [0, 0.1) is 5.92 Å². The molecule has 2 aromatic rings. The summed E-state index contributed by atoms with van der Waals surface area (Å²) in [6.45, 7) is 7.29. The molecule has 0 saturated heterocycles. The third kappa shape index (κ3) is 8.77. The number of nitrogens with one attached hydrogen (secondary N) is 3. The van der Waals surface area contributed by atoms with Crippen LogP contribution in [0.5, 0.6) is 0 Å². The third-order valence-electron chi connectivity index (χ3n) is 6.79. The lowest BCUT2D eigenvalue weighted by Crippen LogP contribution is -2.58. The Morgan fingerprint density at radius 2 is 1.40 bits per heavy atom. The van der Waals surface area contributed by atoms with E-state index in [9.17, 15) is 29.1 Å². The van der Waals surface area contributed by atoms with Gasteiger partial charge in [-0.3, -0.25) is 14.4 Å². The summed E-state index contributed by atoms with van der Waals surface area (Å²) in [5.41, 5.74) is 3.20. The second-order valence-electron chi connectivity index (χ2n) is 11.6. The summed E-state index contributed by atoms with van der Waals surface area (Å²) in [6, 6.07) is 11.3. The molecule has 2 aromatic carbocycles. The van der Waals surface area contributed by atoms with Crippen LogP contribution in [0.3, 0.4) is 0 Å². The maximum absolute atomic E-state index is 13.3. The second kappa shape index (κ2) is 14.1. The molecule has 0 radical (unpaired) electrons. The van der Waals surface area contributed by atoms with Gasteiger partial charge in [-0.25, -0.2) is 9.59 Å². The van der Waals surface area contributed by atoms with Crippen molar-refractivity contribution in [3.63, 3.8) is 0 Å². The van der Waals surface area contributed by atoms with Crippen LogP contribution in [0.2, 0.25) is 0 Å². The Balaban J connectivity index is 1.75.